The van der Waals surface area contributed by atoms with Crippen molar-refractivity contribution in [1.82, 2.24) is 9.55 Å². The standard InChI is InChI=1S/C15H18N4/c1-15(2,11-16)7-9-19-10-8-18-14(19)12-3-5-13(17)6-4-12/h3-6,8,10H,7,9,17H2,1-2H3. The maximum atomic E-state index is 9.05. The molecule has 1 aromatic carbocycles. The molecule has 2 N–H and O–H groups in total. The fourth-order valence-corrected chi connectivity index (χ4v) is 1.84. The summed E-state index contributed by atoms with van der Waals surface area (Å²) in [7, 11) is 0. The van der Waals surface area contributed by atoms with Gasteiger partial charge in [-0.3, -0.25) is 0 Å². The number of benzene rings is 1. The van der Waals surface area contributed by atoms with Crippen LogP contribution in [-0.4, -0.2) is 9.55 Å². The Morgan fingerprint density at radius 3 is 2.63 bits per heavy atom. The quantitative estimate of drug-likeness (QED) is 0.852. The van der Waals surface area contributed by atoms with Crippen LogP contribution in [0.2, 0.25) is 0 Å². The first-order chi connectivity index (χ1) is 9.02. The minimum absolute atomic E-state index is 0.317. The minimum Gasteiger partial charge on any atom is -0.399 e. The third-order valence-electron chi connectivity index (χ3n) is 3.16. The minimum atomic E-state index is -0.317. The molecule has 19 heavy (non-hydrogen) atoms. The van der Waals surface area contributed by atoms with Crippen LogP contribution >= 0.6 is 0 Å². The Hall–Kier alpha value is -2.28. The van der Waals surface area contributed by atoms with Gasteiger partial charge in [0.1, 0.15) is 5.82 Å². The van der Waals surface area contributed by atoms with Crippen molar-refractivity contribution < 1.29 is 0 Å². The van der Waals surface area contributed by atoms with Gasteiger partial charge in [-0.05, 0) is 44.5 Å². The summed E-state index contributed by atoms with van der Waals surface area (Å²) in [6.07, 6.45) is 4.52. The second-order valence-corrected chi connectivity index (χ2v) is 5.31. The van der Waals surface area contributed by atoms with Crippen molar-refractivity contribution in [2.45, 2.75) is 26.8 Å². The maximum Gasteiger partial charge on any atom is 0.139 e. The van der Waals surface area contributed by atoms with Crippen LogP contribution in [0.3, 0.4) is 0 Å². The Bertz CT molecular complexity index is 587. The fourth-order valence-electron chi connectivity index (χ4n) is 1.84. The van der Waals surface area contributed by atoms with E-state index in [0.29, 0.717) is 0 Å². The second kappa shape index (κ2) is 5.15. The zero-order valence-corrected chi connectivity index (χ0v) is 11.3. The van der Waals surface area contributed by atoms with Crippen LogP contribution in [0.5, 0.6) is 0 Å². The van der Waals surface area contributed by atoms with Crippen molar-refractivity contribution in [2.24, 2.45) is 5.41 Å². The molecule has 0 saturated carbocycles. The molecule has 1 heterocycles. The van der Waals surface area contributed by atoms with Crippen molar-refractivity contribution in [3.05, 3.63) is 36.7 Å². The van der Waals surface area contributed by atoms with Crippen LogP contribution < -0.4 is 5.73 Å². The first-order valence-electron chi connectivity index (χ1n) is 6.30. The van der Waals surface area contributed by atoms with E-state index in [4.69, 9.17) is 11.0 Å². The number of aromatic nitrogens is 2. The van der Waals surface area contributed by atoms with E-state index in [1.54, 1.807) is 6.20 Å². The molecule has 0 unspecified atom stereocenters. The van der Waals surface area contributed by atoms with Crippen molar-refractivity contribution in [3.8, 4) is 17.5 Å². The molecule has 0 atom stereocenters. The predicted molar refractivity (Wildman–Crippen MR) is 76.1 cm³/mol. The van der Waals surface area contributed by atoms with E-state index in [1.165, 1.54) is 0 Å². The number of imidazole rings is 1. The molecule has 0 radical (unpaired) electrons. The molecule has 0 aliphatic rings. The molecule has 98 valence electrons. The van der Waals surface area contributed by atoms with Crippen LogP contribution in [0.4, 0.5) is 5.69 Å². The number of hydrogen-bond donors (Lipinski definition) is 1. The lowest BCUT2D eigenvalue weighted by atomic mass is 9.91. The Kier molecular flexibility index (Phi) is 3.57. The molecule has 0 amide bonds. The lowest BCUT2D eigenvalue weighted by Crippen LogP contribution is -2.12. The first-order valence-corrected chi connectivity index (χ1v) is 6.30. The number of anilines is 1. The summed E-state index contributed by atoms with van der Waals surface area (Å²) in [6.45, 7) is 4.68. The Labute approximate surface area is 113 Å². The zero-order valence-electron chi connectivity index (χ0n) is 11.3. The summed E-state index contributed by atoms with van der Waals surface area (Å²) in [5.41, 5.74) is 7.15. The smallest absolute Gasteiger partial charge is 0.139 e. The van der Waals surface area contributed by atoms with Gasteiger partial charge in [0.2, 0.25) is 0 Å². The summed E-state index contributed by atoms with van der Waals surface area (Å²) >= 11 is 0. The van der Waals surface area contributed by atoms with E-state index in [-0.39, 0.29) is 5.41 Å². The molecule has 0 bridgehead atoms. The average molecular weight is 254 g/mol. The Morgan fingerprint density at radius 2 is 2.00 bits per heavy atom. The van der Waals surface area contributed by atoms with Gasteiger partial charge in [0.05, 0.1) is 11.5 Å². The van der Waals surface area contributed by atoms with Gasteiger partial charge in [-0.15, -0.1) is 0 Å². The number of nitrogens with two attached hydrogens (primary N) is 1. The molecule has 0 spiro atoms. The molecule has 4 heteroatoms. The highest BCUT2D eigenvalue weighted by Gasteiger charge is 2.17. The van der Waals surface area contributed by atoms with Crippen molar-refractivity contribution >= 4 is 5.69 Å². The topological polar surface area (TPSA) is 67.6 Å². The molecular weight excluding hydrogens is 236 g/mol. The van der Waals surface area contributed by atoms with Gasteiger partial charge in [0, 0.05) is 30.2 Å². The van der Waals surface area contributed by atoms with Crippen LogP contribution in [0, 0.1) is 16.7 Å². The molecular formula is C15H18N4. The van der Waals surface area contributed by atoms with Gasteiger partial charge in [0.15, 0.2) is 0 Å². The summed E-state index contributed by atoms with van der Waals surface area (Å²) in [5.74, 6) is 0.911. The predicted octanol–water partition coefficient (Wildman–Crippen LogP) is 3.07. The van der Waals surface area contributed by atoms with Gasteiger partial charge in [-0.25, -0.2) is 4.98 Å². The molecule has 0 fully saturated rings. The highest BCUT2D eigenvalue weighted by Crippen LogP contribution is 2.23. The van der Waals surface area contributed by atoms with E-state index in [9.17, 15) is 0 Å². The number of nitriles is 1. The molecule has 2 aromatic rings. The summed E-state index contributed by atoms with van der Waals surface area (Å²) < 4.78 is 2.07. The SMILES string of the molecule is CC(C)(C#N)CCn1ccnc1-c1ccc(N)cc1. The summed E-state index contributed by atoms with van der Waals surface area (Å²) in [4.78, 5) is 4.38. The average Bonchev–Trinajstić information content (AvgIpc) is 2.86. The third kappa shape index (κ3) is 3.14. The van der Waals surface area contributed by atoms with E-state index in [0.717, 1.165) is 30.0 Å². The molecule has 0 aliphatic carbocycles. The Morgan fingerprint density at radius 1 is 1.32 bits per heavy atom. The largest absolute Gasteiger partial charge is 0.399 e. The molecule has 0 saturated heterocycles. The molecule has 4 nitrogen and oxygen atoms in total. The first kappa shape index (κ1) is 13.2. The van der Waals surface area contributed by atoms with E-state index in [1.807, 2.05) is 44.3 Å². The van der Waals surface area contributed by atoms with Gasteiger partial charge in [0.25, 0.3) is 0 Å². The van der Waals surface area contributed by atoms with Crippen molar-refractivity contribution in [2.75, 3.05) is 5.73 Å². The van der Waals surface area contributed by atoms with Crippen molar-refractivity contribution in [3.63, 3.8) is 0 Å². The van der Waals surface area contributed by atoms with Gasteiger partial charge in [-0.2, -0.15) is 5.26 Å². The van der Waals surface area contributed by atoms with Gasteiger partial charge in [-0.1, -0.05) is 0 Å². The van der Waals surface area contributed by atoms with Crippen LogP contribution in [-0.2, 0) is 6.54 Å². The number of rotatable bonds is 4. The van der Waals surface area contributed by atoms with Crippen molar-refractivity contribution in [1.29, 1.82) is 5.26 Å². The fraction of sp³-hybridized carbons (Fsp3) is 0.333. The monoisotopic (exact) mass is 254 g/mol. The Balaban J connectivity index is 2.19. The highest BCUT2D eigenvalue weighted by atomic mass is 15.1. The molecule has 0 aliphatic heterocycles. The molecule has 1 aromatic heterocycles. The summed E-state index contributed by atoms with van der Waals surface area (Å²) in [5, 5.41) is 9.05. The van der Waals surface area contributed by atoms with Gasteiger partial charge >= 0.3 is 0 Å². The van der Waals surface area contributed by atoms with Gasteiger partial charge < -0.3 is 10.3 Å². The van der Waals surface area contributed by atoms with Crippen LogP contribution in [0.1, 0.15) is 20.3 Å². The van der Waals surface area contributed by atoms with E-state index >= 15 is 0 Å². The summed E-state index contributed by atoms with van der Waals surface area (Å²) in [6, 6.07) is 9.98. The molecule has 2 rings (SSSR count). The van der Waals surface area contributed by atoms with Crippen LogP contribution in [0.15, 0.2) is 36.7 Å². The van der Waals surface area contributed by atoms with Crippen LogP contribution in [0.25, 0.3) is 11.4 Å². The third-order valence-corrected chi connectivity index (χ3v) is 3.16. The maximum absolute atomic E-state index is 9.05. The lowest BCUT2D eigenvalue weighted by molar-refractivity contribution is 0.414. The second-order valence-electron chi connectivity index (χ2n) is 5.31. The number of hydrogen-bond acceptors (Lipinski definition) is 3. The highest BCUT2D eigenvalue weighted by molar-refractivity contribution is 5.59. The normalized spacial score (nSPS) is 11.2. The van der Waals surface area contributed by atoms with E-state index < -0.39 is 0 Å². The zero-order chi connectivity index (χ0) is 13.9. The number of aryl methyl sites for hydroxylation is 1. The lowest BCUT2D eigenvalue weighted by Gasteiger charge is -2.16. The number of nitrogen functional groups attached to an aromatic ring is 1. The van der Waals surface area contributed by atoms with E-state index in [2.05, 4.69) is 15.6 Å². The number of nitrogens with zero attached hydrogens (tertiary/aromatic N) is 3.